The van der Waals surface area contributed by atoms with Crippen molar-refractivity contribution in [3.8, 4) is 6.07 Å². The number of likely N-dealkylation sites (tertiary alicyclic amines) is 1. The highest BCUT2D eigenvalue weighted by atomic mass is 35.5. The summed E-state index contributed by atoms with van der Waals surface area (Å²) < 4.78 is 121. The first-order chi connectivity index (χ1) is 18.5. The summed E-state index contributed by atoms with van der Waals surface area (Å²) in [7, 11) is 0. The molecule has 1 aliphatic heterocycles. The highest BCUT2D eigenvalue weighted by Crippen LogP contribution is 2.32. The molecule has 0 saturated carbocycles. The number of hydrogen-bond donors (Lipinski definition) is 1. The SMILES string of the molecule is [2H]c1nc(N([2H])C2([2H])C([2H])([2H])C([2H])([2H])N(C([2H])([2H])c3ccc(C)c(C#N)c3)C([2H])([2H])C2([2H])[2H])c2c([2H])c(Cl)sc2n1. The Balaban J connectivity index is 2.01. The van der Waals surface area contributed by atoms with Gasteiger partial charge in [0.2, 0.25) is 0 Å². The Kier molecular flexibility index (Phi) is 2.33. The molecule has 3 aromatic rings. The summed E-state index contributed by atoms with van der Waals surface area (Å²) in [5.41, 5.74) is -0.103. The van der Waals surface area contributed by atoms with Crippen molar-refractivity contribution in [2.24, 2.45) is 0 Å². The van der Waals surface area contributed by atoms with Crippen molar-refractivity contribution in [3.05, 3.63) is 51.6 Å². The van der Waals surface area contributed by atoms with Gasteiger partial charge in [-0.3, -0.25) is 4.90 Å². The number of aromatic nitrogens is 2. The van der Waals surface area contributed by atoms with Crippen LogP contribution in [-0.4, -0.2) is 33.9 Å². The molecular formula is C20H20ClN5S. The van der Waals surface area contributed by atoms with E-state index in [1.54, 1.807) is 6.92 Å². The van der Waals surface area contributed by atoms with E-state index >= 15 is 0 Å². The number of nitrogens with zero attached hydrogens (tertiary/aromatic N) is 4. The fraction of sp³-hybridized carbons (Fsp3) is 0.350. The minimum Gasteiger partial charge on any atom is -0.367 e. The standard InChI is InChI=1S/C20H20ClN5S/c1-13-2-3-14(8-15(13)10-22)11-26-6-4-16(5-7-26)25-19-17-9-18(21)27-20(17)24-12-23-19/h2-3,8-9,12,16H,4-7,11H2,1H3,(H,23,24,25)/i4D2,5D2,6D2,7D2,9D,11D2,12D,16D/hD. The van der Waals surface area contributed by atoms with Gasteiger partial charge >= 0.3 is 0 Å². The molecule has 27 heavy (non-hydrogen) atoms. The Hall–Kier alpha value is -2.20. The van der Waals surface area contributed by atoms with Crippen molar-refractivity contribution >= 4 is 39.0 Å². The number of thiophene rings is 1. The maximum absolute atomic E-state index is 9.39. The van der Waals surface area contributed by atoms with E-state index in [4.69, 9.17) is 30.8 Å². The lowest BCUT2D eigenvalue weighted by Gasteiger charge is -2.32. The van der Waals surface area contributed by atoms with Gasteiger partial charge in [-0.15, -0.1) is 11.3 Å². The molecule has 2 aromatic heterocycles. The van der Waals surface area contributed by atoms with Crippen LogP contribution in [-0.2, 0) is 6.50 Å². The number of piperidine rings is 1. The van der Waals surface area contributed by atoms with E-state index in [1.165, 1.54) is 6.07 Å². The quantitative estimate of drug-likeness (QED) is 0.679. The van der Waals surface area contributed by atoms with Gasteiger partial charge in [-0.1, -0.05) is 23.7 Å². The first-order valence-electron chi connectivity index (χ1n) is 14.5. The van der Waals surface area contributed by atoms with Crippen LogP contribution in [0.1, 0.15) is 47.3 Å². The molecule has 0 aliphatic carbocycles. The van der Waals surface area contributed by atoms with E-state index in [2.05, 4.69) is 9.97 Å². The zero-order valence-electron chi connectivity index (χ0n) is 27.8. The number of hydrogen-bond acceptors (Lipinski definition) is 6. The number of anilines is 1. The number of rotatable bonds is 4. The second kappa shape index (κ2) is 7.81. The molecule has 1 saturated heterocycles. The summed E-state index contributed by atoms with van der Waals surface area (Å²) in [5, 5.41) is 8.79. The van der Waals surface area contributed by atoms with Gasteiger partial charge in [0.1, 0.15) is 18.3 Å². The molecule has 0 amide bonds. The lowest BCUT2D eigenvalue weighted by molar-refractivity contribution is 0.211. The number of nitriles is 1. The molecule has 0 unspecified atom stereocenters. The summed E-state index contributed by atoms with van der Waals surface area (Å²) in [4.78, 5) is 7.01. The summed E-state index contributed by atoms with van der Waals surface area (Å²) in [5.74, 6) is -0.865. The van der Waals surface area contributed by atoms with Crippen molar-refractivity contribution in [1.82, 2.24) is 14.9 Å². The Morgan fingerprint density at radius 1 is 1.56 bits per heavy atom. The van der Waals surface area contributed by atoms with E-state index < -0.39 is 62.0 Å². The van der Waals surface area contributed by atoms with Crippen LogP contribution in [0.25, 0.3) is 10.2 Å². The molecule has 7 heteroatoms. The average Bonchev–Trinajstić information content (AvgIpc) is 3.13. The van der Waals surface area contributed by atoms with Gasteiger partial charge in [-0.25, -0.2) is 9.97 Å². The number of benzene rings is 1. The number of nitrogens with one attached hydrogen (secondary N) is 1. The Bertz CT molecular complexity index is 1580. The van der Waals surface area contributed by atoms with Crippen LogP contribution in [0.3, 0.4) is 0 Å². The third kappa shape index (κ3) is 4.06. The van der Waals surface area contributed by atoms with E-state index in [-0.39, 0.29) is 30.3 Å². The first-order valence-corrected chi connectivity index (χ1v) is 8.77. The highest BCUT2D eigenvalue weighted by molar-refractivity contribution is 7.22. The van der Waals surface area contributed by atoms with Crippen LogP contribution in [0.15, 0.2) is 30.5 Å². The van der Waals surface area contributed by atoms with Crippen LogP contribution < -0.4 is 5.31 Å². The molecule has 0 radical (unpaired) electrons. The van der Waals surface area contributed by atoms with Gasteiger partial charge in [0, 0.05) is 39.2 Å². The van der Waals surface area contributed by atoms with Crippen LogP contribution in [0, 0.1) is 18.3 Å². The fourth-order valence-electron chi connectivity index (χ4n) is 2.23. The smallest absolute Gasteiger partial charge is 0.162 e. The predicted octanol–water partition coefficient (Wildman–Crippen LogP) is 4.60. The third-order valence-corrected chi connectivity index (χ3v) is 4.64. The molecule has 1 aliphatic rings. The highest BCUT2D eigenvalue weighted by Gasteiger charge is 2.20. The molecular weight excluding hydrogens is 378 g/mol. The molecule has 1 aromatic carbocycles. The Morgan fingerprint density at radius 3 is 3.15 bits per heavy atom. The molecule has 0 bridgehead atoms. The minimum atomic E-state index is -3.92. The van der Waals surface area contributed by atoms with Gasteiger partial charge in [-0.05, 0) is 42.9 Å². The van der Waals surface area contributed by atoms with Gasteiger partial charge in [0.25, 0.3) is 0 Å². The van der Waals surface area contributed by atoms with Crippen LogP contribution >= 0.6 is 22.9 Å². The molecule has 4 rings (SSSR count). The van der Waals surface area contributed by atoms with E-state index in [0.717, 1.165) is 12.1 Å². The maximum Gasteiger partial charge on any atom is 0.162 e. The molecule has 1 N–H and O–H groups in total. The van der Waals surface area contributed by atoms with E-state index in [1.807, 2.05) is 6.07 Å². The average molecular weight is 412 g/mol. The Morgan fingerprint density at radius 2 is 2.37 bits per heavy atom. The maximum atomic E-state index is 9.39. The second-order valence-electron chi connectivity index (χ2n) is 5.35. The van der Waals surface area contributed by atoms with Crippen molar-refractivity contribution in [1.29, 1.82) is 5.26 Å². The Labute approximate surface area is 187 Å². The van der Waals surface area contributed by atoms with Crippen molar-refractivity contribution in [2.75, 3.05) is 18.3 Å². The van der Waals surface area contributed by atoms with Gasteiger partial charge < -0.3 is 5.31 Å². The zero-order chi connectivity index (χ0) is 31.3. The van der Waals surface area contributed by atoms with Crippen molar-refractivity contribution < 1.29 is 19.2 Å². The fourth-order valence-corrected chi connectivity index (χ4v) is 3.20. The molecule has 3 heterocycles. The molecule has 1 fully saturated rings. The number of fused-ring (bicyclic) bond motifs is 1. The third-order valence-electron chi connectivity index (χ3n) is 3.54. The largest absolute Gasteiger partial charge is 0.367 e. The zero-order valence-corrected chi connectivity index (χ0v) is 15.3. The minimum absolute atomic E-state index is 0.0395. The van der Waals surface area contributed by atoms with E-state index in [0.29, 0.717) is 16.9 Å². The summed E-state index contributed by atoms with van der Waals surface area (Å²) >= 11 is 6.70. The number of halogens is 1. The van der Waals surface area contributed by atoms with Gasteiger partial charge in [0.05, 0.1) is 24.1 Å². The molecule has 5 nitrogen and oxygen atoms in total. The molecule has 138 valence electrons. The van der Waals surface area contributed by atoms with Crippen LogP contribution in [0.2, 0.25) is 5.75 Å². The van der Waals surface area contributed by atoms with E-state index in [9.17, 15) is 5.26 Å². The molecule has 0 atom stereocenters. The normalized spacial score (nSPS) is 32.5. The predicted molar refractivity (Wildman–Crippen MR) is 110 cm³/mol. The van der Waals surface area contributed by atoms with Crippen LogP contribution in [0.4, 0.5) is 5.82 Å². The van der Waals surface area contributed by atoms with Gasteiger partial charge in [0.15, 0.2) is 1.41 Å². The lowest BCUT2D eigenvalue weighted by atomic mass is 10.0. The van der Waals surface area contributed by atoms with Crippen LogP contribution in [0.5, 0.6) is 0 Å². The second-order valence-corrected chi connectivity index (χ2v) is 6.95. The summed E-state index contributed by atoms with van der Waals surface area (Å²) in [6.45, 7) is -9.46. The monoisotopic (exact) mass is 411 g/mol. The number of aryl methyl sites for hydroxylation is 1. The first kappa shape index (κ1) is 8.04. The topological polar surface area (TPSA) is 64.8 Å². The summed E-state index contributed by atoms with van der Waals surface area (Å²) in [6, 6.07) is 0.915. The van der Waals surface area contributed by atoms with Crippen molar-refractivity contribution in [3.63, 3.8) is 0 Å². The van der Waals surface area contributed by atoms with Gasteiger partial charge in [-0.2, -0.15) is 5.26 Å². The summed E-state index contributed by atoms with van der Waals surface area (Å²) in [6.07, 6.45) is -8.62. The molecule has 0 spiro atoms. The van der Waals surface area contributed by atoms with Crippen molar-refractivity contribution in [2.45, 2.75) is 32.2 Å². The lowest BCUT2D eigenvalue weighted by Crippen LogP contribution is -2.38.